The number of amides is 1. The van der Waals surface area contributed by atoms with Crippen molar-refractivity contribution >= 4 is 33.5 Å². The van der Waals surface area contributed by atoms with Crippen LogP contribution in [0.1, 0.15) is 18.1 Å². The molecule has 0 bridgehead atoms. The molecule has 2 N–H and O–H groups in total. The van der Waals surface area contributed by atoms with Crippen LogP contribution in [0.5, 0.6) is 5.88 Å². The van der Waals surface area contributed by atoms with Crippen LogP contribution in [0.3, 0.4) is 0 Å². The summed E-state index contributed by atoms with van der Waals surface area (Å²) < 4.78 is 34.3. The van der Waals surface area contributed by atoms with Crippen LogP contribution in [-0.4, -0.2) is 57.5 Å². The fourth-order valence-corrected chi connectivity index (χ4v) is 3.83. The standard InChI is InChI=1S/C22H20N4O7S.K/c1-13-17(5-4-6-18-14(2)24-25(11-12-27)20(18)28)21(29)26(22(30)19(13)23-3)15-7-9-16(10-8-15)34(31,32)33;/h4-10,27,30H,11-12H2,1-2H3,(H,31,32,33);/q;+1/p-1/b5-4+,18-6-;. The number of allylic oxidation sites excluding steroid dienone is 2. The fraction of sp³-hybridized carbons (Fsp3) is 0.182. The van der Waals surface area contributed by atoms with Crippen LogP contribution >= 0.6 is 0 Å². The number of pyridine rings is 1. The molecule has 11 nitrogen and oxygen atoms in total. The molecule has 1 amide bonds. The number of hydrazone groups is 1. The number of aromatic nitrogens is 1. The van der Waals surface area contributed by atoms with Gasteiger partial charge in [0.25, 0.3) is 11.5 Å². The topological polar surface area (TPSA) is 157 Å². The molecule has 0 saturated carbocycles. The molecule has 2 aromatic rings. The number of β-amino-alcohol motifs (C(OH)–C–C–N with tert-alkyl or cyclic N) is 1. The Labute approximate surface area is 243 Å². The molecule has 1 aromatic carbocycles. The number of aliphatic hydroxyl groups is 1. The van der Waals surface area contributed by atoms with Crippen LogP contribution in [0.4, 0.5) is 5.69 Å². The molecule has 35 heavy (non-hydrogen) atoms. The smallest absolute Gasteiger partial charge is 0.744 e. The van der Waals surface area contributed by atoms with Crippen LogP contribution in [0, 0.1) is 13.5 Å². The summed E-state index contributed by atoms with van der Waals surface area (Å²) in [4.78, 5) is 28.3. The van der Waals surface area contributed by atoms with E-state index in [1.165, 1.54) is 25.2 Å². The zero-order valence-electron chi connectivity index (χ0n) is 19.1. The van der Waals surface area contributed by atoms with Crippen LogP contribution in [0.2, 0.25) is 0 Å². The Hall–Kier alpha value is -2.41. The molecule has 0 atom stereocenters. The quantitative estimate of drug-likeness (QED) is 0.202. The SMILES string of the molecule is [C-]#[N+]c1c(C)c(/C=C/C=C2\C(=O)N(CCO)N=C2C)c(=O)n(-c2ccc(S(=O)(=O)[O-])cc2)c1O.[K+]. The number of rotatable bonds is 6. The summed E-state index contributed by atoms with van der Waals surface area (Å²) >= 11 is 0. The van der Waals surface area contributed by atoms with Crippen molar-refractivity contribution in [3.63, 3.8) is 0 Å². The van der Waals surface area contributed by atoms with Crippen molar-refractivity contribution in [3.8, 4) is 11.6 Å². The second-order valence-corrected chi connectivity index (χ2v) is 8.57. The first-order chi connectivity index (χ1) is 16.0. The number of benzene rings is 1. The molecule has 1 aliphatic heterocycles. The first-order valence-corrected chi connectivity index (χ1v) is 11.2. The van der Waals surface area contributed by atoms with Crippen LogP contribution in [0.25, 0.3) is 16.6 Å². The average Bonchev–Trinajstić information content (AvgIpc) is 3.03. The third kappa shape index (κ3) is 5.88. The molecule has 0 unspecified atom stereocenters. The van der Waals surface area contributed by atoms with Gasteiger partial charge in [-0.2, -0.15) is 5.10 Å². The van der Waals surface area contributed by atoms with Crippen molar-refractivity contribution in [2.24, 2.45) is 5.10 Å². The number of aliphatic hydroxyl groups excluding tert-OH is 1. The molecule has 3 rings (SSSR count). The summed E-state index contributed by atoms with van der Waals surface area (Å²) in [5, 5.41) is 24.8. The van der Waals surface area contributed by atoms with Gasteiger partial charge in [0.15, 0.2) is 0 Å². The van der Waals surface area contributed by atoms with Crippen LogP contribution in [0.15, 0.2) is 56.8 Å². The molecule has 2 heterocycles. The van der Waals surface area contributed by atoms with Crippen LogP contribution < -0.4 is 56.9 Å². The molecular formula is C22H19KN4O7S. The normalized spacial score (nSPS) is 14.8. The van der Waals surface area contributed by atoms with E-state index in [0.717, 1.165) is 33.8 Å². The summed E-state index contributed by atoms with van der Waals surface area (Å²) in [5.41, 5.74) is 0.0811. The second kappa shape index (κ2) is 11.5. The van der Waals surface area contributed by atoms with E-state index < -0.39 is 32.4 Å². The van der Waals surface area contributed by atoms with E-state index in [1.807, 2.05) is 0 Å². The van der Waals surface area contributed by atoms with Crippen molar-refractivity contribution in [1.82, 2.24) is 9.58 Å². The van der Waals surface area contributed by atoms with E-state index in [-0.39, 0.29) is 92.6 Å². The average molecular weight is 523 g/mol. The monoisotopic (exact) mass is 522 g/mol. The summed E-state index contributed by atoms with van der Waals surface area (Å²) in [6.07, 6.45) is 4.25. The Morgan fingerprint density at radius 2 is 1.83 bits per heavy atom. The molecular weight excluding hydrogens is 503 g/mol. The third-order valence-corrected chi connectivity index (χ3v) is 5.92. The molecule has 0 radical (unpaired) electrons. The zero-order valence-corrected chi connectivity index (χ0v) is 23.0. The second-order valence-electron chi connectivity index (χ2n) is 7.19. The maximum absolute atomic E-state index is 13.2. The van der Waals surface area contributed by atoms with Gasteiger partial charge in [-0.1, -0.05) is 12.2 Å². The van der Waals surface area contributed by atoms with Crippen molar-refractivity contribution in [3.05, 3.63) is 74.9 Å². The summed E-state index contributed by atoms with van der Waals surface area (Å²) in [6.45, 7) is 10.3. The Morgan fingerprint density at radius 3 is 2.37 bits per heavy atom. The van der Waals surface area contributed by atoms with Crippen molar-refractivity contribution in [2.75, 3.05) is 13.2 Å². The number of carbonyl (C=O) groups is 1. The van der Waals surface area contributed by atoms with Crippen molar-refractivity contribution in [2.45, 2.75) is 18.7 Å². The first-order valence-electron chi connectivity index (χ1n) is 9.80. The summed E-state index contributed by atoms with van der Waals surface area (Å²) in [6, 6.07) is 4.31. The predicted molar refractivity (Wildman–Crippen MR) is 122 cm³/mol. The largest absolute Gasteiger partial charge is 1.00 e. The number of carbonyl (C=O) groups excluding carboxylic acids is 1. The van der Waals surface area contributed by atoms with Gasteiger partial charge in [-0.25, -0.2) is 18.3 Å². The van der Waals surface area contributed by atoms with Gasteiger partial charge >= 0.3 is 51.4 Å². The molecule has 1 aromatic heterocycles. The van der Waals surface area contributed by atoms with Crippen molar-refractivity contribution in [1.29, 1.82) is 0 Å². The maximum atomic E-state index is 13.2. The van der Waals surface area contributed by atoms with E-state index in [9.17, 15) is 27.7 Å². The Bertz CT molecular complexity index is 1470. The van der Waals surface area contributed by atoms with E-state index >= 15 is 0 Å². The minimum Gasteiger partial charge on any atom is -0.744 e. The maximum Gasteiger partial charge on any atom is 1.00 e. The van der Waals surface area contributed by atoms with E-state index in [0.29, 0.717) is 5.71 Å². The number of aromatic hydroxyl groups is 1. The fourth-order valence-electron chi connectivity index (χ4n) is 3.36. The molecule has 0 aliphatic carbocycles. The first kappa shape index (κ1) is 28.8. The van der Waals surface area contributed by atoms with E-state index in [2.05, 4.69) is 9.95 Å². The molecule has 1 aliphatic rings. The summed E-state index contributed by atoms with van der Waals surface area (Å²) in [7, 11) is -4.71. The van der Waals surface area contributed by atoms with Crippen molar-refractivity contribution < 1.29 is 79.4 Å². The Morgan fingerprint density at radius 1 is 1.20 bits per heavy atom. The van der Waals surface area contributed by atoms with Gasteiger partial charge in [0.1, 0.15) is 10.1 Å². The molecule has 0 saturated heterocycles. The molecule has 0 spiro atoms. The van der Waals surface area contributed by atoms with Gasteiger partial charge in [0, 0.05) is 5.56 Å². The number of hydrogen-bond donors (Lipinski definition) is 2. The number of hydrogen-bond acceptors (Lipinski definition) is 8. The third-order valence-electron chi connectivity index (χ3n) is 5.07. The van der Waals surface area contributed by atoms with Gasteiger partial charge in [0.2, 0.25) is 11.6 Å². The predicted octanol–water partition coefficient (Wildman–Crippen LogP) is -1.54. The minimum atomic E-state index is -4.71. The van der Waals surface area contributed by atoms with Gasteiger partial charge in [0.05, 0.1) is 41.6 Å². The van der Waals surface area contributed by atoms with E-state index in [4.69, 9.17) is 11.7 Å². The molecule has 176 valence electrons. The van der Waals surface area contributed by atoms with Crippen LogP contribution in [-0.2, 0) is 14.9 Å². The van der Waals surface area contributed by atoms with Gasteiger partial charge in [-0.3, -0.25) is 14.2 Å². The Kier molecular flexibility index (Phi) is 9.51. The van der Waals surface area contributed by atoms with Gasteiger partial charge in [-0.15, -0.1) is 0 Å². The van der Waals surface area contributed by atoms with Gasteiger partial charge < -0.3 is 14.8 Å². The molecule has 0 fully saturated rings. The summed E-state index contributed by atoms with van der Waals surface area (Å²) in [5.74, 6) is -1.05. The molecule has 13 heteroatoms. The Balaban J connectivity index is 0.00000432. The minimum absolute atomic E-state index is 0. The zero-order chi connectivity index (χ0) is 25.2. The van der Waals surface area contributed by atoms with E-state index in [1.54, 1.807) is 6.92 Å². The van der Waals surface area contributed by atoms with Gasteiger partial charge in [-0.05, 0) is 49.8 Å². The number of nitrogens with zero attached hydrogens (tertiary/aromatic N) is 4.